The van der Waals surface area contributed by atoms with Gasteiger partial charge >= 0.3 is 6.09 Å². The highest BCUT2D eigenvalue weighted by Crippen LogP contribution is 2.35. The number of rotatable bonds is 4. The van der Waals surface area contributed by atoms with Gasteiger partial charge in [0.1, 0.15) is 16.9 Å². The van der Waals surface area contributed by atoms with Gasteiger partial charge in [-0.1, -0.05) is 18.2 Å². The summed E-state index contributed by atoms with van der Waals surface area (Å²) < 4.78 is 16.4. The molecular weight excluding hydrogens is 400 g/mol. The first-order chi connectivity index (χ1) is 14.7. The summed E-state index contributed by atoms with van der Waals surface area (Å²) in [5.74, 6) is -0.105. The molecule has 2 amide bonds. The quantitative estimate of drug-likeness (QED) is 0.626. The number of benzene rings is 2. The Labute approximate surface area is 178 Å². The molecule has 2 aromatic carbocycles. The Morgan fingerprint density at radius 1 is 1.13 bits per heavy atom. The Morgan fingerprint density at radius 3 is 2.65 bits per heavy atom. The number of amides is 2. The minimum absolute atomic E-state index is 0.171. The van der Waals surface area contributed by atoms with Crippen LogP contribution in [0, 0.1) is 0 Å². The van der Waals surface area contributed by atoms with Gasteiger partial charge in [-0.25, -0.2) is 4.79 Å². The molecule has 2 heterocycles. The standard InChI is InChI=1S/C23H22N2O6/c1-23(2,3)31-22(28)24-15-8-9-19-16(11-15)25(21(27)13-29-19)12-17(26)20-10-14-6-4-5-7-18(14)30-20/h4-11H,12-13H2,1-3H3,(H,24,28). The van der Waals surface area contributed by atoms with Gasteiger partial charge in [-0.3, -0.25) is 19.8 Å². The summed E-state index contributed by atoms with van der Waals surface area (Å²) in [5, 5.41) is 3.44. The molecule has 0 saturated carbocycles. The molecule has 0 radical (unpaired) electrons. The van der Waals surface area contributed by atoms with E-state index >= 15 is 0 Å². The summed E-state index contributed by atoms with van der Waals surface area (Å²) in [7, 11) is 0. The molecular formula is C23H22N2O6. The SMILES string of the molecule is CC(C)(C)OC(=O)Nc1ccc2c(c1)N(CC(=O)c1cc3ccccc3o1)C(=O)CO2. The van der Waals surface area contributed by atoms with Gasteiger partial charge in [-0.05, 0) is 51.1 Å². The molecule has 0 saturated heterocycles. The topological polar surface area (TPSA) is 98.1 Å². The van der Waals surface area contributed by atoms with Crippen LogP contribution in [-0.4, -0.2) is 36.5 Å². The maximum Gasteiger partial charge on any atom is 0.412 e. The lowest BCUT2D eigenvalue weighted by molar-refractivity contribution is -0.121. The van der Waals surface area contributed by atoms with Gasteiger partial charge in [0.2, 0.25) is 5.78 Å². The number of nitrogens with one attached hydrogen (secondary N) is 1. The third-order valence-corrected chi connectivity index (χ3v) is 4.55. The lowest BCUT2D eigenvalue weighted by atomic mass is 10.1. The van der Waals surface area contributed by atoms with Crippen LogP contribution in [-0.2, 0) is 9.53 Å². The molecule has 4 rings (SSSR count). The number of anilines is 2. The molecule has 1 aromatic heterocycles. The molecule has 1 aliphatic heterocycles. The van der Waals surface area contributed by atoms with Crippen molar-refractivity contribution in [3.63, 3.8) is 0 Å². The molecule has 0 atom stereocenters. The highest BCUT2D eigenvalue weighted by molar-refractivity contribution is 6.07. The van der Waals surface area contributed by atoms with Crippen LogP contribution in [0.1, 0.15) is 31.3 Å². The number of nitrogens with zero attached hydrogens (tertiary/aromatic N) is 1. The number of ketones is 1. The monoisotopic (exact) mass is 422 g/mol. The summed E-state index contributed by atoms with van der Waals surface area (Å²) >= 11 is 0. The Bertz CT molecular complexity index is 1140. The molecule has 0 fully saturated rings. The van der Waals surface area contributed by atoms with Crippen molar-refractivity contribution >= 4 is 40.1 Å². The third-order valence-electron chi connectivity index (χ3n) is 4.55. The summed E-state index contributed by atoms with van der Waals surface area (Å²) in [6, 6.07) is 13.8. The first-order valence-corrected chi connectivity index (χ1v) is 9.78. The van der Waals surface area contributed by atoms with Crippen LogP contribution in [0.5, 0.6) is 5.75 Å². The Morgan fingerprint density at radius 2 is 1.90 bits per heavy atom. The van der Waals surface area contributed by atoms with Crippen LogP contribution >= 0.6 is 0 Å². The van der Waals surface area contributed by atoms with E-state index in [1.807, 2.05) is 18.2 Å². The van der Waals surface area contributed by atoms with Crippen LogP contribution in [0.3, 0.4) is 0 Å². The average Bonchev–Trinajstić information content (AvgIpc) is 3.13. The first kappa shape index (κ1) is 20.5. The predicted octanol–water partition coefficient (Wildman–Crippen LogP) is 4.39. The zero-order valence-corrected chi connectivity index (χ0v) is 17.4. The van der Waals surface area contributed by atoms with Crippen LogP contribution in [0.4, 0.5) is 16.2 Å². The molecule has 0 bridgehead atoms. The lowest BCUT2D eigenvalue weighted by Crippen LogP contribution is -2.42. The largest absolute Gasteiger partial charge is 0.482 e. The minimum atomic E-state index is -0.650. The number of hydrogen-bond acceptors (Lipinski definition) is 6. The zero-order chi connectivity index (χ0) is 22.2. The second-order valence-corrected chi connectivity index (χ2v) is 8.15. The average molecular weight is 422 g/mol. The molecule has 8 heteroatoms. The van der Waals surface area contributed by atoms with Crippen molar-refractivity contribution in [2.24, 2.45) is 0 Å². The smallest absolute Gasteiger partial charge is 0.412 e. The fourth-order valence-corrected chi connectivity index (χ4v) is 3.22. The van der Waals surface area contributed by atoms with Gasteiger partial charge in [0.05, 0.1) is 12.2 Å². The highest BCUT2D eigenvalue weighted by Gasteiger charge is 2.29. The van der Waals surface area contributed by atoms with E-state index in [-0.39, 0.29) is 30.6 Å². The van der Waals surface area contributed by atoms with Crippen molar-refractivity contribution in [1.82, 2.24) is 0 Å². The van der Waals surface area contributed by atoms with Gasteiger partial charge in [-0.15, -0.1) is 0 Å². The van der Waals surface area contributed by atoms with Crippen molar-refractivity contribution in [3.8, 4) is 5.75 Å². The molecule has 0 aliphatic carbocycles. The normalized spacial score (nSPS) is 13.5. The maximum atomic E-state index is 12.8. The number of Topliss-reactive ketones (excluding diaryl/α,β-unsaturated/α-hetero) is 1. The molecule has 3 aromatic rings. The van der Waals surface area contributed by atoms with E-state index in [0.717, 1.165) is 5.39 Å². The van der Waals surface area contributed by atoms with Gasteiger partial charge < -0.3 is 13.9 Å². The molecule has 160 valence electrons. The van der Waals surface area contributed by atoms with Gasteiger partial charge in [0, 0.05) is 11.1 Å². The van der Waals surface area contributed by atoms with Gasteiger partial charge in [0.25, 0.3) is 5.91 Å². The zero-order valence-electron chi connectivity index (χ0n) is 17.4. The number of fused-ring (bicyclic) bond motifs is 2. The third kappa shape index (κ3) is 4.53. The lowest BCUT2D eigenvalue weighted by Gasteiger charge is -2.29. The van der Waals surface area contributed by atoms with Crippen molar-refractivity contribution in [3.05, 3.63) is 54.3 Å². The van der Waals surface area contributed by atoms with E-state index in [1.165, 1.54) is 4.90 Å². The van der Waals surface area contributed by atoms with Crippen molar-refractivity contribution in [2.45, 2.75) is 26.4 Å². The Hall–Kier alpha value is -3.81. The second-order valence-electron chi connectivity index (χ2n) is 8.15. The maximum absolute atomic E-state index is 12.8. The number of para-hydroxylation sites is 1. The van der Waals surface area contributed by atoms with Crippen molar-refractivity contribution in [2.75, 3.05) is 23.4 Å². The van der Waals surface area contributed by atoms with E-state index in [0.29, 0.717) is 22.7 Å². The van der Waals surface area contributed by atoms with Crippen LogP contribution < -0.4 is 15.0 Å². The van der Waals surface area contributed by atoms with Crippen LogP contribution in [0.15, 0.2) is 52.9 Å². The Balaban J connectivity index is 1.57. The fourth-order valence-electron chi connectivity index (χ4n) is 3.22. The van der Waals surface area contributed by atoms with E-state index in [4.69, 9.17) is 13.9 Å². The molecule has 8 nitrogen and oxygen atoms in total. The summed E-state index contributed by atoms with van der Waals surface area (Å²) in [6.07, 6.45) is -0.625. The summed E-state index contributed by atoms with van der Waals surface area (Å²) in [5.41, 5.74) is 0.743. The van der Waals surface area contributed by atoms with Gasteiger partial charge in [-0.2, -0.15) is 0 Å². The number of hydrogen-bond donors (Lipinski definition) is 1. The predicted molar refractivity (Wildman–Crippen MR) is 115 cm³/mol. The van der Waals surface area contributed by atoms with E-state index in [2.05, 4.69) is 5.32 Å². The number of carbonyl (C=O) groups is 3. The molecule has 1 aliphatic rings. The Kier molecular flexibility index (Phi) is 5.14. The number of carbonyl (C=O) groups excluding carboxylic acids is 3. The van der Waals surface area contributed by atoms with Gasteiger partial charge in [0.15, 0.2) is 12.4 Å². The summed E-state index contributed by atoms with van der Waals surface area (Å²) in [4.78, 5) is 38.8. The molecule has 0 spiro atoms. The number of ether oxygens (including phenoxy) is 2. The first-order valence-electron chi connectivity index (χ1n) is 9.78. The highest BCUT2D eigenvalue weighted by atomic mass is 16.6. The van der Waals surface area contributed by atoms with Crippen LogP contribution in [0.2, 0.25) is 0 Å². The minimum Gasteiger partial charge on any atom is -0.482 e. The second kappa shape index (κ2) is 7.79. The molecule has 0 unspecified atom stereocenters. The van der Waals surface area contributed by atoms with Crippen molar-refractivity contribution < 1.29 is 28.3 Å². The van der Waals surface area contributed by atoms with E-state index in [1.54, 1.807) is 51.1 Å². The van der Waals surface area contributed by atoms with Crippen molar-refractivity contribution in [1.29, 1.82) is 0 Å². The fraction of sp³-hybridized carbons (Fsp3) is 0.261. The molecule has 31 heavy (non-hydrogen) atoms. The van der Waals surface area contributed by atoms with Crippen LogP contribution in [0.25, 0.3) is 11.0 Å². The summed E-state index contributed by atoms with van der Waals surface area (Å²) in [6.45, 7) is 4.89. The van der Waals surface area contributed by atoms with E-state index < -0.39 is 11.7 Å². The van der Waals surface area contributed by atoms with E-state index in [9.17, 15) is 14.4 Å². The molecule has 1 N–H and O–H groups in total. The number of furan rings is 1.